The maximum Gasteiger partial charge on any atom is 0.191 e. The van der Waals surface area contributed by atoms with Gasteiger partial charge in [0.2, 0.25) is 0 Å². The average Bonchev–Trinajstić information content (AvgIpc) is 2.37. The van der Waals surface area contributed by atoms with Crippen molar-refractivity contribution in [1.82, 2.24) is 9.88 Å². The highest BCUT2D eigenvalue weighted by molar-refractivity contribution is 5.78. The van der Waals surface area contributed by atoms with Crippen LogP contribution in [0.1, 0.15) is 25.5 Å². The van der Waals surface area contributed by atoms with Crippen LogP contribution in [-0.4, -0.2) is 28.9 Å². The van der Waals surface area contributed by atoms with E-state index in [2.05, 4.69) is 21.8 Å². The minimum atomic E-state index is -0.332. The second-order valence-corrected chi connectivity index (χ2v) is 4.80. The van der Waals surface area contributed by atoms with Crippen LogP contribution in [0.2, 0.25) is 0 Å². The monoisotopic (exact) mass is 250 g/mol. The Morgan fingerprint density at radius 1 is 1.67 bits per heavy atom. The third kappa shape index (κ3) is 3.18. The molecule has 0 aromatic carbocycles. The molecular weight excluding hydrogens is 231 g/mol. The van der Waals surface area contributed by atoms with Crippen molar-refractivity contribution in [3.63, 3.8) is 0 Å². The molecule has 0 amide bonds. The molecule has 1 aliphatic heterocycles. The van der Waals surface area contributed by atoms with E-state index >= 15 is 0 Å². The molecule has 18 heavy (non-hydrogen) atoms. The van der Waals surface area contributed by atoms with Crippen LogP contribution in [0.25, 0.3) is 0 Å². The fraction of sp³-hybridized carbons (Fsp3) is 0.538. The topological polar surface area (TPSA) is 54.5 Å². The fourth-order valence-electron chi connectivity index (χ4n) is 2.19. The second-order valence-electron chi connectivity index (χ2n) is 4.80. The van der Waals surface area contributed by atoms with Crippen LogP contribution < -0.4 is 5.73 Å². The first-order valence-electron chi connectivity index (χ1n) is 6.31. The Labute approximate surface area is 107 Å². The molecule has 1 unspecified atom stereocenters. The van der Waals surface area contributed by atoms with E-state index in [1.54, 1.807) is 12.3 Å². The summed E-state index contributed by atoms with van der Waals surface area (Å²) >= 11 is 0. The number of hydrogen-bond donors (Lipinski definition) is 1. The molecule has 1 aromatic heterocycles. The van der Waals surface area contributed by atoms with Crippen molar-refractivity contribution in [3.8, 4) is 0 Å². The number of halogens is 1. The summed E-state index contributed by atoms with van der Waals surface area (Å²) in [6.07, 6.45) is 3.93. The number of pyridine rings is 1. The first kappa shape index (κ1) is 12.8. The Hall–Kier alpha value is -1.65. The number of likely N-dealkylation sites (tertiary alicyclic amines) is 1. The molecule has 0 bridgehead atoms. The highest BCUT2D eigenvalue weighted by Crippen LogP contribution is 2.15. The zero-order valence-corrected chi connectivity index (χ0v) is 10.6. The molecule has 0 spiro atoms. The van der Waals surface area contributed by atoms with Crippen LogP contribution in [0.3, 0.4) is 0 Å². The van der Waals surface area contributed by atoms with Gasteiger partial charge in [0.25, 0.3) is 0 Å². The van der Waals surface area contributed by atoms with Crippen LogP contribution in [0, 0.1) is 11.7 Å². The van der Waals surface area contributed by atoms with Crippen molar-refractivity contribution in [2.24, 2.45) is 16.6 Å². The summed E-state index contributed by atoms with van der Waals surface area (Å²) < 4.78 is 13.4. The lowest BCUT2D eigenvalue weighted by molar-refractivity contribution is 0.270. The molecule has 2 rings (SSSR count). The van der Waals surface area contributed by atoms with Crippen molar-refractivity contribution in [2.75, 3.05) is 13.1 Å². The lowest BCUT2D eigenvalue weighted by Crippen LogP contribution is -2.43. The van der Waals surface area contributed by atoms with Gasteiger partial charge in [-0.3, -0.25) is 4.98 Å². The predicted molar refractivity (Wildman–Crippen MR) is 69.5 cm³/mol. The fourth-order valence-corrected chi connectivity index (χ4v) is 2.19. The zero-order valence-electron chi connectivity index (χ0n) is 10.6. The molecule has 5 heteroatoms. The molecular formula is C13H19FN4. The summed E-state index contributed by atoms with van der Waals surface area (Å²) in [5, 5.41) is 0. The Kier molecular flexibility index (Phi) is 4.12. The average molecular weight is 250 g/mol. The van der Waals surface area contributed by atoms with Gasteiger partial charge < -0.3 is 10.6 Å². The van der Waals surface area contributed by atoms with Crippen molar-refractivity contribution in [2.45, 2.75) is 26.3 Å². The van der Waals surface area contributed by atoms with Crippen LogP contribution in [0.4, 0.5) is 4.39 Å². The van der Waals surface area contributed by atoms with Crippen molar-refractivity contribution in [1.29, 1.82) is 0 Å². The molecule has 98 valence electrons. The lowest BCUT2D eigenvalue weighted by atomic mass is 10.0. The summed E-state index contributed by atoms with van der Waals surface area (Å²) in [6, 6.07) is 2.95. The van der Waals surface area contributed by atoms with E-state index in [0.29, 0.717) is 17.6 Å². The van der Waals surface area contributed by atoms with Crippen molar-refractivity contribution < 1.29 is 4.39 Å². The van der Waals surface area contributed by atoms with Gasteiger partial charge in [0, 0.05) is 19.3 Å². The number of piperidine rings is 1. The highest BCUT2D eigenvalue weighted by atomic mass is 19.1. The maximum absolute atomic E-state index is 13.4. The molecule has 1 fully saturated rings. The molecule has 0 radical (unpaired) electrons. The summed E-state index contributed by atoms with van der Waals surface area (Å²) in [5.74, 6) is 0.798. The van der Waals surface area contributed by atoms with Gasteiger partial charge in [-0.1, -0.05) is 6.92 Å². The molecule has 1 saturated heterocycles. The van der Waals surface area contributed by atoms with E-state index in [1.165, 1.54) is 12.5 Å². The van der Waals surface area contributed by atoms with E-state index in [4.69, 9.17) is 5.73 Å². The van der Waals surface area contributed by atoms with Crippen LogP contribution in [0.5, 0.6) is 0 Å². The highest BCUT2D eigenvalue weighted by Gasteiger charge is 2.17. The Morgan fingerprint density at radius 3 is 3.22 bits per heavy atom. The van der Waals surface area contributed by atoms with Gasteiger partial charge in [0.15, 0.2) is 5.96 Å². The van der Waals surface area contributed by atoms with Gasteiger partial charge in [-0.2, -0.15) is 0 Å². The first-order chi connectivity index (χ1) is 8.66. The van der Waals surface area contributed by atoms with Gasteiger partial charge in [-0.15, -0.1) is 0 Å². The number of guanidine groups is 1. The minimum Gasteiger partial charge on any atom is -0.370 e. The third-order valence-electron chi connectivity index (χ3n) is 3.21. The summed E-state index contributed by atoms with van der Waals surface area (Å²) in [6.45, 7) is 4.27. The molecule has 1 atom stereocenters. The standard InChI is InChI=1S/C13H19FN4/c1-10-4-3-7-18(9-10)13(15)17-8-12-11(14)5-2-6-16-12/h2,5-6,10H,3-4,7-9H2,1H3,(H2,15,17). The van der Waals surface area contributed by atoms with E-state index in [-0.39, 0.29) is 12.4 Å². The van der Waals surface area contributed by atoms with Crippen LogP contribution >= 0.6 is 0 Å². The Bertz CT molecular complexity index is 433. The number of nitrogens with two attached hydrogens (primary N) is 1. The smallest absolute Gasteiger partial charge is 0.191 e. The molecule has 4 nitrogen and oxygen atoms in total. The summed E-state index contributed by atoms with van der Waals surface area (Å²) in [5.41, 5.74) is 6.27. The number of hydrogen-bond acceptors (Lipinski definition) is 2. The van der Waals surface area contributed by atoms with Gasteiger partial charge in [-0.05, 0) is 30.9 Å². The Morgan fingerprint density at radius 2 is 2.50 bits per heavy atom. The maximum atomic E-state index is 13.4. The largest absolute Gasteiger partial charge is 0.370 e. The van der Waals surface area contributed by atoms with E-state index in [9.17, 15) is 4.39 Å². The van der Waals surface area contributed by atoms with Crippen LogP contribution in [0.15, 0.2) is 23.3 Å². The molecule has 0 saturated carbocycles. The van der Waals surface area contributed by atoms with Gasteiger partial charge in [0.1, 0.15) is 5.82 Å². The number of aromatic nitrogens is 1. The summed E-state index contributed by atoms with van der Waals surface area (Å²) in [4.78, 5) is 10.2. The summed E-state index contributed by atoms with van der Waals surface area (Å²) in [7, 11) is 0. The Balaban J connectivity index is 1.98. The van der Waals surface area contributed by atoms with Crippen LogP contribution in [-0.2, 0) is 6.54 Å². The molecule has 1 aromatic rings. The van der Waals surface area contributed by atoms with Gasteiger partial charge in [0.05, 0.1) is 12.2 Å². The molecule has 1 aliphatic rings. The molecule has 0 aliphatic carbocycles. The second kappa shape index (κ2) is 5.80. The SMILES string of the molecule is CC1CCCN(C(N)=NCc2ncccc2F)C1. The van der Waals surface area contributed by atoms with E-state index in [0.717, 1.165) is 19.5 Å². The first-order valence-corrected chi connectivity index (χ1v) is 6.31. The van der Waals surface area contributed by atoms with Gasteiger partial charge >= 0.3 is 0 Å². The van der Waals surface area contributed by atoms with Crippen molar-refractivity contribution in [3.05, 3.63) is 29.8 Å². The normalized spacial score (nSPS) is 21.1. The molecule has 2 heterocycles. The third-order valence-corrected chi connectivity index (χ3v) is 3.21. The predicted octanol–water partition coefficient (Wildman–Crippen LogP) is 1.77. The minimum absolute atomic E-state index is 0.198. The lowest BCUT2D eigenvalue weighted by Gasteiger charge is -2.31. The van der Waals surface area contributed by atoms with E-state index < -0.39 is 0 Å². The molecule has 2 N–H and O–H groups in total. The quantitative estimate of drug-likeness (QED) is 0.643. The number of nitrogens with zero attached hydrogens (tertiary/aromatic N) is 3. The number of rotatable bonds is 2. The zero-order chi connectivity index (χ0) is 13.0. The van der Waals surface area contributed by atoms with Crippen molar-refractivity contribution >= 4 is 5.96 Å². The number of aliphatic imine (C=N–C) groups is 1. The van der Waals surface area contributed by atoms with E-state index in [1.807, 2.05) is 0 Å². The van der Waals surface area contributed by atoms with Gasteiger partial charge in [-0.25, -0.2) is 9.38 Å².